The lowest BCUT2D eigenvalue weighted by Crippen LogP contribution is -2.31. The molecule has 0 N–H and O–H groups in total. The molecular formula is C17H23BrO4. The van der Waals surface area contributed by atoms with Crippen LogP contribution in [0.15, 0.2) is 28.7 Å². The lowest BCUT2D eigenvalue weighted by Gasteiger charge is -2.26. The van der Waals surface area contributed by atoms with Crippen molar-refractivity contribution >= 4 is 27.9 Å². The second kappa shape index (κ2) is 7.27. The van der Waals surface area contributed by atoms with Gasteiger partial charge in [0.1, 0.15) is 5.60 Å². The molecule has 0 saturated carbocycles. The fourth-order valence-electron chi connectivity index (χ4n) is 1.69. The lowest BCUT2D eigenvalue weighted by molar-refractivity contribution is -0.172. The van der Waals surface area contributed by atoms with Gasteiger partial charge >= 0.3 is 11.9 Å². The van der Waals surface area contributed by atoms with E-state index in [1.54, 1.807) is 27.7 Å². The van der Waals surface area contributed by atoms with Crippen LogP contribution in [0.3, 0.4) is 0 Å². The highest BCUT2D eigenvalue weighted by molar-refractivity contribution is 9.10. The Kier molecular flexibility index (Phi) is 6.17. The van der Waals surface area contributed by atoms with Crippen LogP contribution in [-0.2, 0) is 24.7 Å². The molecule has 122 valence electrons. The van der Waals surface area contributed by atoms with Crippen molar-refractivity contribution in [2.24, 2.45) is 5.41 Å². The number of carbonyl (C=O) groups is 2. The summed E-state index contributed by atoms with van der Waals surface area (Å²) >= 11 is 3.36. The van der Waals surface area contributed by atoms with Crippen molar-refractivity contribution in [3.05, 3.63) is 34.3 Å². The topological polar surface area (TPSA) is 52.6 Å². The third kappa shape index (κ3) is 5.13. The van der Waals surface area contributed by atoms with Gasteiger partial charge in [-0.05, 0) is 51.8 Å². The molecule has 0 amide bonds. The van der Waals surface area contributed by atoms with Crippen LogP contribution in [0, 0.1) is 5.41 Å². The summed E-state index contributed by atoms with van der Waals surface area (Å²) < 4.78 is 11.4. The van der Waals surface area contributed by atoms with Crippen LogP contribution in [0.5, 0.6) is 0 Å². The molecule has 0 heterocycles. The molecule has 1 aromatic rings. The number of benzene rings is 1. The minimum atomic E-state index is -0.787. The molecule has 0 unspecified atom stereocenters. The monoisotopic (exact) mass is 370 g/mol. The number of hydrogen-bond acceptors (Lipinski definition) is 4. The molecule has 0 saturated heterocycles. The minimum Gasteiger partial charge on any atom is -0.453 e. The minimum absolute atomic E-state index is 0.373. The summed E-state index contributed by atoms with van der Waals surface area (Å²) in [7, 11) is 0. The van der Waals surface area contributed by atoms with Crippen molar-refractivity contribution < 1.29 is 19.1 Å². The van der Waals surface area contributed by atoms with Gasteiger partial charge in [-0.3, -0.25) is 4.79 Å². The summed E-state index contributed by atoms with van der Waals surface area (Å²) in [6, 6.07) is 7.52. The molecule has 0 aliphatic heterocycles. The van der Waals surface area contributed by atoms with E-state index >= 15 is 0 Å². The second-order valence-corrected chi connectivity index (χ2v) is 7.22. The van der Waals surface area contributed by atoms with Crippen LogP contribution in [-0.4, -0.2) is 18.5 Å². The van der Waals surface area contributed by atoms with Crippen molar-refractivity contribution in [1.82, 2.24) is 0 Å². The van der Waals surface area contributed by atoms with E-state index in [2.05, 4.69) is 15.9 Å². The quantitative estimate of drug-likeness (QED) is 0.703. The van der Waals surface area contributed by atoms with Gasteiger partial charge in [-0.1, -0.05) is 35.0 Å². The maximum Gasteiger partial charge on any atom is 0.345 e. The van der Waals surface area contributed by atoms with Gasteiger partial charge in [-0.15, -0.1) is 0 Å². The fourth-order valence-corrected chi connectivity index (χ4v) is 1.95. The molecule has 0 radical (unpaired) electrons. The highest BCUT2D eigenvalue weighted by Crippen LogP contribution is 2.26. The Morgan fingerprint density at radius 3 is 2.14 bits per heavy atom. The van der Waals surface area contributed by atoms with Gasteiger partial charge in [0.25, 0.3) is 0 Å². The highest BCUT2D eigenvalue weighted by atomic mass is 79.9. The average molecular weight is 371 g/mol. The Labute approximate surface area is 140 Å². The largest absolute Gasteiger partial charge is 0.453 e. The van der Waals surface area contributed by atoms with E-state index in [4.69, 9.17) is 9.47 Å². The summed E-state index contributed by atoms with van der Waals surface area (Å²) in [5.74, 6) is -0.957. The van der Waals surface area contributed by atoms with Crippen molar-refractivity contribution in [3.8, 4) is 0 Å². The van der Waals surface area contributed by atoms with E-state index in [0.717, 1.165) is 10.0 Å². The van der Waals surface area contributed by atoms with E-state index in [0.29, 0.717) is 6.42 Å². The molecule has 1 rings (SSSR count). The zero-order valence-electron chi connectivity index (χ0n) is 13.7. The summed E-state index contributed by atoms with van der Waals surface area (Å²) in [6.07, 6.45) is 0.644. The second-order valence-electron chi connectivity index (χ2n) is 6.30. The van der Waals surface area contributed by atoms with Crippen LogP contribution in [0.2, 0.25) is 0 Å². The van der Waals surface area contributed by atoms with Gasteiger partial charge in [-0.2, -0.15) is 0 Å². The summed E-state index contributed by atoms with van der Waals surface area (Å²) in [5.41, 5.74) is -0.518. The normalized spacial score (nSPS) is 11.9. The van der Waals surface area contributed by atoms with Crippen molar-refractivity contribution in [2.45, 2.75) is 46.6 Å². The predicted molar refractivity (Wildman–Crippen MR) is 88.3 cm³/mol. The molecule has 0 bridgehead atoms. The van der Waals surface area contributed by atoms with Gasteiger partial charge in [0, 0.05) is 4.47 Å². The van der Waals surface area contributed by atoms with Crippen LogP contribution >= 0.6 is 15.9 Å². The molecule has 5 heteroatoms. The van der Waals surface area contributed by atoms with E-state index in [1.165, 1.54) is 0 Å². The molecular weight excluding hydrogens is 348 g/mol. The summed E-state index contributed by atoms with van der Waals surface area (Å²) in [4.78, 5) is 23.7. The van der Waals surface area contributed by atoms with Gasteiger partial charge in [-0.25, -0.2) is 4.79 Å². The van der Waals surface area contributed by atoms with Crippen molar-refractivity contribution in [2.75, 3.05) is 6.61 Å². The molecule has 4 nitrogen and oxygen atoms in total. The number of hydrogen-bond donors (Lipinski definition) is 0. The maximum absolute atomic E-state index is 11.9. The van der Waals surface area contributed by atoms with Gasteiger partial charge in [0.05, 0.1) is 5.41 Å². The van der Waals surface area contributed by atoms with Gasteiger partial charge in [0.15, 0.2) is 6.61 Å². The van der Waals surface area contributed by atoms with E-state index < -0.39 is 23.0 Å². The SMILES string of the molecule is CCC(C)(C)C(=O)OCC(=O)OC(C)(C)c1ccc(Br)cc1. The van der Waals surface area contributed by atoms with Gasteiger partial charge < -0.3 is 9.47 Å². The lowest BCUT2D eigenvalue weighted by atomic mass is 9.91. The van der Waals surface area contributed by atoms with Crippen LogP contribution in [0.4, 0.5) is 0 Å². The molecule has 0 aromatic heterocycles. The zero-order valence-corrected chi connectivity index (χ0v) is 15.3. The van der Waals surface area contributed by atoms with Crippen molar-refractivity contribution in [1.29, 1.82) is 0 Å². The van der Waals surface area contributed by atoms with Crippen LogP contribution in [0.25, 0.3) is 0 Å². The first-order valence-electron chi connectivity index (χ1n) is 7.23. The Morgan fingerprint density at radius 2 is 1.64 bits per heavy atom. The number of ether oxygens (including phenoxy) is 2. The van der Waals surface area contributed by atoms with Crippen LogP contribution in [0.1, 0.15) is 46.6 Å². The van der Waals surface area contributed by atoms with Crippen LogP contribution < -0.4 is 0 Å². The standard InChI is InChI=1S/C17H23BrO4/c1-6-16(2,3)15(20)21-11-14(19)22-17(4,5)12-7-9-13(18)10-8-12/h7-10H,6,11H2,1-5H3. The van der Waals surface area contributed by atoms with E-state index in [-0.39, 0.29) is 6.61 Å². The molecule has 0 aliphatic carbocycles. The third-order valence-electron chi connectivity index (χ3n) is 3.67. The smallest absolute Gasteiger partial charge is 0.345 e. The average Bonchev–Trinajstić information content (AvgIpc) is 2.44. The maximum atomic E-state index is 11.9. The Balaban J connectivity index is 2.61. The fraction of sp³-hybridized carbons (Fsp3) is 0.529. The van der Waals surface area contributed by atoms with Gasteiger partial charge in [0.2, 0.25) is 0 Å². The Morgan fingerprint density at radius 1 is 1.09 bits per heavy atom. The molecule has 0 aliphatic rings. The Bertz CT molecular complexity index is 532. The first-order valence-corrected chi connectivity index (χ1v) is 8.03. The predicted octanol–water partition coefficient (Wildman–Crippen LogP) is 4.21. The Hall–Kier alpha value is -1.36. The molecule has 0 atom stereocenters. The first-order chi connectivity index (χ1) is 10.1. The highest BCUT2D eigenvalue weighted by Gasteiger charge is 2.29. The molecule has 22 heavy (non-hydrogen) atoms. The molecule has 1 aromatic carbocycles. The number of esters is 2. The molecule has 0 fully saturated rings. The summed E-state index contributed by atoms with van der Waals surface area (Å²) in [5, 5.41) is 0. The van der Waals surface area contributed by atoms with E-state index in [1.807, 2.05) is 31.2 Å². The van der Waals surface area contributed by atoms with Crippen molar-refractivity contribution in [3.63, 3.8) is 0 Å². The first kappa shape index (κ1) is 18.7. The number of halogens is 1. The number of rotatable bonds is 6. The third-order valence-corrected chi connectivity index (χ3v) is 4.19. The summed E-state index contributed by atoms with van der Waals surface area (Å²) in [6.45, 7) is 8.69. The zero-order chi connectivity index (χ0) is 17.0. The number of carbonyl (C=O) groups excluding carboxylic acids is 2. The molecule has 0 spiro atoms. The van der Waals surface area contributed by atoms with E-state index in [9.17, 15) is 9.59 Å².